The molecule has 0 aromatic heterocycles. The third kappa shape index (κ3) is 5.52. The highest BCUT2D eigenvalue weighted by atomic mass is 33.1. The Labute approximate surface area is 147 Å². The fraction of sp³-hybridized carbons (Fsp3) is 0.929. The SMILES string of the molecule is CN(C)S(=O)(=O)N1CCN(C(=O)CCCCC2CCSS2)CC1. The van der Waals surface area contributed by atoms with Gasteiger partial charge in [-0.05, 0) is 19.3 Å². The summed E-state index contributed by atoms with van der Waals surface area (Å²) in [6.45, 7) is 1.78. The van der Waals surface area contributed by atoms with Crippen LogP contribution in [0.5, 0.6) is 0 Å². The molecule has 0 aromatic carbocycles. The fourth-order valence-electron chi connectivity index (χ4n) is 2.77. The zero-order valence-electron chi connectivity index (χ0n) is 13.9. The Kier molecular flexibility index (Phi) is 7.53. The van der Waals surface area contributed by atoms with Crippen molar-refractivity contribution in [2.24, 2.45) is 0 Å². The summed E-state index contributed by atoms with van der Waals surface area (Å²) < 4.78 is 26.8. The molecule has 0 aliphatic carbocycles. The van der Waals surface area contributed by atoms with E-state index in [9.17, 15) is 13.2 Å². The van der Waals surface area contributed by atoms with Crippen molar-refractivity contribution in [1.82, 2.24) is 13.5 Å². The topological polar surface area (TPSA) is 60.9 Å². The molecule has 1 amide bonds. The molecule has 0 N–H and O–H groups in total. The molecule has 23 heavy (non-hydrogen) atoms. The normalized spacial score (nSPS) is 23.6. The first kappa shape index (κ1) is 19.4. The van der Waals surface area contributed by atoms with Crippen molar-refractivity contribution < 1.29 is 13.2 Å². The number of hydrogen-bond donors (Lipinski definition) is 0. The van der Waals surface area contributed by atoms with Gasteiger partial charge in [-0.3, -0.25) is 4.79 Å². The first-order valence-electron chi connectivity index (χ1n) is 8.15. The lowest BCUT2D eigenvalue weighted by molar-refractivity contribution is -0.132. The Morgan fingerprint density at radius 1 is 1.17 bits per heavy atom. The van der Waals surface area contributed by atoms with Crippen molar-refractivity contribution in [1.29, 1.82) is 0 Å². The summed E-state index contributed by atoms with van der Waals surface area (Å²) in [5, 5.41) is 0.773. The minimum Gasteiger partial charge on any atom is -0.340 e. The molecule has 1 atom stereocenters. The van der Waals surface area contributed by atoms with Crippen molar-refractivity contribution in [3.63, 3.8) is 0 Å². The summed E-state index contributed by atoms with van der Waals surface area (Å²) in [5.41, 5.74) is 0. The number of unbranched alkanes of at least 4 members (excludes halogenated alkanes) is 1. The molecule has 2 heterocycles. The minimum absolute atomic E-state index is 0.167. The zero-order valence-corrected chi connectivity index (χ0v) is 16.4. The van der Waals surface area contributed by atoms with Crippen LogP contribution in [-0.2, 0) is 15.0 Å². The van der Waals surface area contributed by atoms with Crippen LogP contribution in [0.1, 0.15) is 32.1 Å². The predicted octanol–water partition coefficient (Wildman–Crippen LogP) is 1.65. The van der Waals surface area contributed by atoms with Crippen molar-refractivity contribution in [2.75, 3.05) is 46.0 Å². The van der Waals surface area contributed by atoms with Gasteiger partial charge >= 0.3 is 0 Å². The van der Waals surface area contributed by atoms with Crippen LogP contribution in [0.2, 0.25) is 0 Å². The highest BCUT2D eigenvalue weighted by molar-refractivity contribution is 8.77. The van der Waals surface area contributed by atoms with Crippen molar-refractivity contribution in [3.05, 3.63) is 0 Å². The molecule has 6 nitrogen and oxygen atoms in total. The lowest BCUT2D eigenvalue weighted by Crippen LogP contribution is -2.53. The molecular weight excluding hydrogens is 354 g/mol. The van der Waals surface area contributed by atoms with Gasteiger partial charge in [-0.1, -0.05) is 28.0 Å². The first-order valence-corrected chi connectivity index (χ1v) is 11.9. The Bertz CT molecular complexity index is 485. The number of piperazine rings is 1. The van der Waals surface area contributed by atoms with Gasteiger partial charge in [0.15, 0.2) is 0 Å². The van der Waals surface area contributed by atoms with Crippen LogP contribution >= 0.6 is 21.6 Å². The average molecular weight is 382 g/mol. The Hall–Kier alpha value is 0.0400. The van der Waals surface area contributed by atoms with E-state index >= 15 is 0 Å². The summed E-state index contributed by atoms with van der Waals surface area (Å²) in [7, 11) is 3.66. The van der Waals surface area contributed by atoms with E-state index in [1.54, 1.807) is 0 Å². The summed E-state index contributed by atoms with van der Waals surface area (Å²) >= 11 is 0. The largest absolute Gasteiger partial charge is 0.340 e. The van der Waals surface area contributed by atoms with E-state index in [1.165, 1.54) is 41.3 Å². The quantitative estimate of drug-likeness (QED) is 0.496. The van der Waals surface area contributed by atoms with E-state index in [2.05, 4.69) is 0 Å². The molecule has 9 heteroatoms. The smallest absolute Gasteiger partial charge is 0.281 e. The lowest BCUT2D eigenvalue weighted by atomic mass is 10.1. The molecular formula is C14H27N3O3S3. The summed E-state index contributed by atoms with van der Waals surface area (Å²) in [5.74, 6) is 1.43. The number of hydrogen-bond acceptors (Lipinski definition) is 5. The fourth-order valence-corrected chi connectivity index (χ4v) is 6.88. The van der Waals surface area contributed by atoms with E-state index in [0.717, 1.165) is 18.1 Å². The summed E-state index contributed by atoms with van der Waals surface area (Å²) in [6, 6.07) is 0. The molecule has 2 aliphatic heterocycles. The number of nitrogens with zero attached hydrogens (tertiary/aromatic N) is 3. The van der Waals surface area contributed by atoms with E-state index in [-0.39, 0.29) is 5.91 Å². The number of amides is 1. The maximum Gasteiger partial charge on any atom is 0.281 e. The average Bonchev–Trinajstić information content (AvgIpc) is 3.04. The molecule has 2 rings (SSSR count). The maximum atomic E-state index is 12.2. The van der Waals surface area contributed by atoms with Gasteiger partial charge in [-0.25, -0.2) is 0 Å². The standard InChI is InChI=1S/C14H27N3O3S3/c1-15(2)23(19,20)17-10-8-16(9-11-17)14(18)6-4-3-5-13-7-12-21-22-13/h13H,3-12H2,1-2H3. The molecule has 2 saturated heterocycles. The minimum atomic E-state index is -3.36. The van der Waals surface area contributed by atoms with Crippen molar-refractivity contribution in [3.8, 4) is 0 Å². The van der Waals surface area contributed by atoms with Crippen LogP contribution in [0.3, 0.4) is 0 Å². The third-order valence-corrected chi connectivity index (χ3v) is 9.22. The van der Waals surface area contributed by atoms with Crippen LogP contribution in [0.4, 0.5) is 0 Å². The summed E-state index contributed by atoms with van der Waals surface area (Å²) in [6.07, 6.45) is 5.14. The highest BCUT2D eigenvalue weighted by Crippen LogP contribution is 2.39. The maximum absolute atomic E-state index is 12.2. The molecule has 0 radical (unpaired) electrons. The van der Waals surface area contributed by atoms with Gasteiger partial charge in [-0.2, -0.15) is 17.0 Å². The van der Waals surface area contributed by atoms with Gasteiger partial charge in [-0.15, -0.1) is 0 Å². The zero-order chi connectivity index (χ0) is 16.9. The van der Waals surface area contributed by atoms with Gasteiger partial charge in [0, 0.05) is 57.7 Å². The Balaban J connectivity index is 1.65. The van der Waals surface area contributed by atoms with Crippen LogP contribution < -0.4 is 0 Å². The van der Waals surface area contributed by atoms with Crippen molar-refractivity contribution in [2.45, 2.75) is 37.4 Å². The molecule has 134 valence electrons. The third-order valence-electron chi connectivity index (χ3n) is 4.27. The second kappa shape index (κ2) is 8.94. The molecule has 0 spiro atoms. The van der Waals surface area contributed by atoms with Crippen molar-refractivity contribution >= 4 is 37.7 Å². The second-order valence-corrected chi connectivity index (χ2v) is 11.1. The molecule has 0 aromatic rings. The van der Waals surface area contributed by atoms with Gasteiger partial charge in [0.05, 0.1) is 0 Å². The van der Waals surface area contributed by atoms with E-state index < -0.39 is 10.2 Å². The summed E-state index contributed by atoms with van der Waals surface area (Å²) in [4.78, 5) is 14.0. The second-order valence-electron chi connectivity index (χ2n) is 6.14. The van der Waals surface area contributed by atoms with E-state index in [4.69, 9.17) is 0 Å². The number of carbonyl (C=O) groups excluding carboxylic acids is 1. The molecule has 1 unspecified atom stereocenters. The number of rotatable bonds is 7. The molecule has 2 fully saturated rings. The van der Waals surface area contributed by atoms with Crippen LogP contribution in [-0.4, -0.2) is 79.1 Å². The molecule has 0 bridgehead atoms. The Morgan fingerprint density at radius 3 is 2.43 bits per heavy atom. The van der Waals surface area contributed by atoms with Crippen LogP contribution in [0.25, 0.3) is 0 Å². The van der Waals surface area contributed by atoms with Crippen LogP contribution in [0, 0.1) is 0 Å². The predicted molar refractivity (Wildman–Crippen MR) is 97.7 cm³/mol. The van der Waals surface area contributed by atoms with Gasteiger partial charge in [0.25, 0.3) is 10.2 Å². The van der Waals surface area contributed by atoms with E-state index in [0.29, 0.717) is 32.6 Å². The number of carbonyl (C=O) groups is 1. The Morgan fingerprint density at radius 2 is 1.87 bits per heavy atom. The molecule has 2 aliphatic rings. The van der Waals surface area contributed by atoms with Gasteiger partial charge in [0.2, 0.25) is 5.91 Å². The van der Waals surface area contributed by atoms with E-state index in [1.807, 2.05) is 26.5 Å². The molecule has 0 saturated carbocycles. The monoisotopic (exact) mass is 381 g/mol. The van der Waals surface area contributed by atoms with Gasteiger partial charge < -0.3 is 4.90 Å². The first-order chi connectivity index (χ1) is 10.9. The van der Waals surface area contributed by atoms with Crippen LogP contribution in [0.15, 0.2) is 0 Å². The lowest BCUT2D eigenvalue weighted by Gasteiger charge is -2.35. The van der Waals surface area contributed by atoms with Gasteiger partial charge in [0.1, 0.15) is 0 Å². The highest BCUT2D eigenvalue weighted by Gasteiger charge is 2.29.